The molecule has 0 saturated carbocycles. The van der Waals surface area contributed by atoms with E-state index >= 15 is 0 Å². The van der Waals surface area contributed by atoms with E-state index in [0.717, 1.165) is 59.9 Å². The van der Waals surface area contributed by atoms with E-state index in [-0.39, 0.29) is 10.8 Å². The van der Waals surface area contributed by atoms with Crippen LogP contribution >= 0.6 is 46.4 Å². The highest BCUT2D eigenvalue weighted by atomic mass is 35.5. The summed E-state index contributed by atoms with van der Waals surface area (Å²) in [6.07, 6.45) is 6.58. The third-order valence-corrected chi connectivity index (χ3v) is 9.13. The van der Waals surface area contributed by atoms with Crippen molar-refractivity contribution in [2.75, 3.05) is 0 Å². The molecule has 0 aliphatic rings. The van der Waals surface area contributed by atoms with Gasteiger partial charge in [-0.2, -0.15) is 0 Å². The van der Waals surface area contributed by atoms with Crippen molar-refractivity contribution in [3.05, 3.63) is 148 Å². The minimum atomic E-state index is -0.0700. The zero-order chi connectivity index (χ0) is 28.3. The second-order valence-electron chi connectivity index (χ2n) is 10.4. The molecule has 3 unspecified atom stereocenters. The van der Waals surface area contributed by atoms with E-state index in [4.69, 9.17) is 46.4 Å². The second kappa shape index (κ2) is 15.7. The Hall–Kier alpha value is -2.22. The standard InChI is InChI=1S/C36H36Cl4/c1-2-26-3-5-27(6-4-26)9-21-34(23-36(40)33-19-12-30(25-38)13-20-33)31-15-7-28(8-16-31)14-22-35(39)32-17-10-29(24-37)11-18-32/h2-8,10-13,15-20,34-36H,1,9,14,21-25H2. The zero-order valence-corrected chi connectivity index (χ0v) is 25.7. The molecule has 0 heterocycles. The summed E-state index contributed by atoms with van der Waals surface area (Å²) < 4.78 is 0. The molecule has 0 nitrogen and oxygen atoms in total. The minimum absolute atomic E-state index is 0.0218. The Balaban J connectivity index is 1.43. The van der Waals surface area contributed by atoms with Gasteiger partial charge in [0.05, 0.1) is 10.8 Å². The van der Waals surface area contributed by atoms with Crippen LogP contribution in [0, 0.1) is 0 Å². The van der Waals surface area contributed by atoms with Crippen molar-refractivity contribution in [3.63, 3.8) is 0 Å². The van der Waals surface area contributed by atoms with Crippen molar-refractivity contribution in [2.24, 2.45) is 0 Å². The number of hydrogen-bond acceptors (Lipinski definition) is 0. The van der Waals surface area contributed by atoms with Gasteiger partial charge in [0, 0.05) is 11.8 Å². The van der Waals surface area contributed by atoms with E-state index in [9.17, 15) is 0 Å². The van der Waals surface area contributed by atoms with Gasteiger partial charge >= 0.3 is 0 Å². The van der Waals surface area contributed by atoms with Crippen LogP contribution in [-0.4, -0.2) is 0 Å². The maximum Gasteiger partial charge on any atom is 0.0591 e. The van der Waals surface area contributed by atoms with E-state index in [1.165, 1.54) is 16.7 Å². The van der Waals surface area contributed by atoms with Crippen LogP contribution in [0.3, 0.4) is 0 Å². The third kappa shape index (κ3) is 8.89. The molecule has 0 radical (unpaired) electrons. The molecule has 4 heteroatoms. The van der Waals surface area contributed by atoms with Crippen LogP contribution in [0.4, 0.5) is 0 Å². The number of rotatable bonds is 14. The second-order valence-corrected chi connectivity index (χ2v) is 12.0. The number of benzene rings is 4. The van der Waals surface area contributed by atoms with Gasteiger partial charge in [0.15, 0.2) is 0 Å². The van der Waals surface area contributed by atoms with Crippen LogP contribution < -0.4 is 0 Å². The number of halogens is 4. The molecule has 3 atom stereocenters. The first-order valence-electron chi connectivity index (χ1n) is 13.9. The molecule has 40 heavy (non-hydrogen) atoms. The summed E-state index contributed by atoms with van der Waals surface area (Å²) in [7, 11) is 0. The largest absolute Gasteiger partial charge is 0.122 e. The molecule has 0 aliphatic carbocycles. The lowest BCUT2D eigenvalue weighted by molar-refractivity contribution is 0.567. The molecule has 0 aromatic heterocycles. The summed E-state index contributed by atoms with van der Waals surface area (Å²) in [5, 5.41) is -0.0918. The van der Waals surface area contributed by atoms with Crippen LogP contribution in [-0.2, 0) is 24.6 Å². The summed E-state index contributed by atoms with van der Waals surface area (Å²) in [6.45, 7) is 3.86. The molecular weight excluding hydrogens is 574 g/mol. The lowest BCUT2D eigenvalue weighted by atomic mass is 9.86. The van der Waals surface area contributed by atoms with Crippen LogP contribution in [0.1, 0.15) is 80.4 Å². The Labute approximate surface area is 260 Å². The Morgan fingerprint density at radius 3 is 1.45 bits per heavy atom. The predicted molar refractivity (Wildman–Crippen MR) is 176 cm³/mol. The van der Waals surface area contributed by atoms with E-state index in [0.29, 0.717) is 17.7 Å². The molecule has 0 bridgehead atoms. The van der Waals surface area contributed by atoms with Crippen LogP contribution in [0.5, 0.6) is 0 Å². The molecule has 0 aliphatic heterocycles. The fourth-order valence-electron chi connectivity index (χ4n) is 5.02. The molecule has 4 rings (SSSR count). The fourth-order valence-corrected chi connectivity index (χ4v) is 5.99. The smallest absolute Gasteiger partial charge is 0.0591 e. The van der Waals surface area contributed by atoms with Gasteiger partial charge in [0.25, 0.3) is 0 Å². The monoisotopic (exact) mass is 608 g/mol. The Morgan fingerprint density at radius 1 is 0.525 bits per heavy atom. The van der Waals surface area contributed by atoms with Gasteiger partial charge in [-0.05, 0) is 82.5 Å². The normalized spacial score (nSPS) is 13.5. The Morgan fingerprint density at radius 2 is 0.950 bits per heavy atom. The summed E-state index contributed by atoms with van der Waals surface area (Å²) >= 11 is 25.6. The number of alkyl halides is 4. The molecule has 0 fully saturated rings. The molecular formula is C36H36Cl4. The van der Waals surface area contributed by atoms with E-state index < -0.39 is 0 Å². The quantitative estimate of drug-likeness (QED) is 0.125. The van der Waals surface area contributed by atoms with Crippen LogP contribution in [0.15, 0.2) is 104 Å². The first-order valence-corrected chi connectivity index (χ1v) is 15.8. The lowest BCUT2D eigenvalue weighted by Crippen LogP contribution is -2.06. The molecule has 4 aromatic rings. The van der Waals surface area contributed by atoms with Gasteiger partial charge in [0.2, 0.25) is 0 Å². The van der Waals surface area contributed by atoms with Crippen molar-refractivity contribution in [1.29, 1.82) is 0 Å². The van der Waals surface area contributed by atoms with Gasteiger partial charge in [-0.3, -0.25) is 0 Å². The Bertz CT molecular complexity index is 1310. The van der Waals surface area contributed by atoms with E-state index in [2.05, 4.69) is 104 Å². The topological polar surface area (TPSA) is 0 Å². The van der Waals surface area contributed by atoms with E-state index in [1.54, 1.807) is 0 Å². The number of hydrogen-bond donors (Lipinski definition) is 0. The fraction of sp³-hybridized carbons (Fsp3) is 0.278. The predicted octanol–water partition coefficient (Wildman–Crippen LogP) is 11.8. The molecule has 208 valence electrons. The van der Waals surface area contributed by atoms with Gasteiger partial charge in [0.1, 0.15) is 0 Å². The van der Waals surface area contributed by atoms with Crippen LogP contribution in [0.2, 0.25) is 0 Å². The minimum Gasteiger partial charge on any atom is -0.122 e. The van der Waals surface area contributed by atoms with Crippen LogP contribution in [0.25, 0.3) is 6.08 Å². The third-order valence-electron chi connectivity index (χ3n) is 7.62. The molecule has 0 saturated heterocycles. The summed E-state index contributed by atoms with van der Waals surface area (Å²) in [4.78, 5) is 0. The molecule has 0 spiro atoms. The van der Waals surface area contributed by atoms with Crippen molar-refractivity contribution in [1.82, 2.24) is 0 Å². The Kier molecular flexibility index (Phi) is 12.1. The summed E-state index contributed by atoms with van der Waals surface area (Å²) in [5.74, 6) is 1.37. The van der Waals surface area contributed by atoms with Gasteiger partial charge in [-0.1, -0.05) is 110 Å². The van der Waals surface area contributed by atoms with Crippen molar-refractivity contribution < 1.29 is 0 Å². The maximum atomic E-state index is 6.99. The van der Waals surface area contributed by atoms with Crippen molar-refractivity contribution in [2.45, 2.75) is 60.5 Å². The molecule has 0 amide bonds. The van der Waals surface area contributed by atoms with E-state index in [1.807, 2.05) is 6.08 Å². The highest BCUT2D eigenvalue weighted by Gasteiger charge is 2.19. The van der Waals surface area contributed by atoms with Crippen molar-refractivity contribution >= 4 is 52.5 Å². The van der Waals surface area contributed by atoms with Crippen molar-refractivity contribution in [3.8, 4) is 0 Å². The summed E-state index contributed by atoms with van der Waals surface area (Å²) in [5.41, 5.74) is 9.59. The highest BCUT2D eigenvalue weighted by Crippen LogP contribution is 2.36. The van der Waals surface area contributed by atoms with Gasteiger partial charge < -0.3 is 0 Å². The van der Waals surface area contributed by atoms with Gasteiger partial charge in [-0.15, -0.1) is 46.4 Å². The number of aryl methyl sites for hydroxylation is 2. The summed E-state index contributed by atoms with van der Waals surface area (Å²) in [6, 6.07) is 34.3. The first kappa shape index (κ1) is 30.7. The molecule has 0 N–H and O–H groups in total. The SMILES string of the molecule is C=Cc1ccc(CCC(CC(Cl)c2ccc(CCl)cc2)c2ccc(CCC(Cl)c3ccc(CCl)cc3)cc2)cc1. The zero-order valence-electron chi connectivity index (χ0n) is 22.7. The first-order chi connectivity index (χ1) is 19.5. The molecule has 4 aromatic carbocycles. The van der Waals surface area contributed by atoms with Gasteiger partial charge in [-0.25, -0.2) is 0 Å². The maximum absolute atomic E-state index is 6.99. The lowest BCUT2D eigenvalue weighted by Gasteiger charge is -2.22. The average molecular weight is 610 g/mol. The average Bonchev–Trinajstić information content (AvgIpc) is 3.02. The highest BCUT2D eigenvalue weighted by molar-refractivity contribution is 6.21.